The Morgan fingerprint density at radius 1 is 1.53 bits per heavy atom. The van der Waals surface area contributed by atoms with Crippen LogP contribution in [-0.2, 0) is 16.2 Å². The molecule has 0 spiro atoms. The van der Waals surface area contributed by atoms with Gasteiger partial charge in [0, 0.05) is 13.1 Å². The molecule has 3 nitrogen and oxygen atoms in total. The Hall–Kier alpha value is -1.87. The standard InChI is InChI=1S/C14H17NO2/c1-4-5-9-15(13(3)16)17-11-14-8-6-7-12(2)10-14/h4-10H,1,11H2,2-3H3/b9-5-. The molecule has 0 N–H and O–H groups in total. The number of carbonyl (C=O) groups excluding carboxylic acids is 1. The van der Waals surface area contributed by atoms with Crippen LogP contribution < -0.4 is 0 Å². The lowest BCUT2D eigenvalue weighted by Gasteiger charge is -2.15. The molecule has 0 aliphatic carbocycles. The molecule has 0 aromatic heterocycles. The van der Waals surface area contributed by atoms with Gasteiger partial charge in [-0.1, -0.05) is 42.5 Å². The number of hydrogen-bond acceptors (Lipinski definition) is 2. The third-order valence-electron chi connectivity index (χ3n) is 2.12. The van der Waals surface area contributed by atoms with Crippen LogP contribution in [0.25, 0.3) is 0 Å². The smallest absolute Gasteiger partial charge is 0.247 e. The SMILES string of the molecule is C=C/C=C\N(OCc1cccc(C)c1)C(C)=O. The lowest BCUT2D eigenvalue weighted by molar-refractivity contribution is -0.172. The predicted molar refractivity (Wildman–Crippen MR) is 67.8 cm³/mol. The Labute approximate surface area is 102 Å². The van der Waals surface area contributed by atoms with E-state index in [1.165, 1.54) is 17.6 Å². The Morgan fingerprint density at radius 3 is 2.88 bits per heavy atom. The van der Waals surface area contributed by atoms with Gasteiger partial charge in [-0.25, -0.2) is 0 Å². The maximum atomic E-state index is 11.3. The van der Waals surface area contributed by atoms with Gasteiger partial charge in [-0.2, -0.15) is 5.06 Å². The maximum Gasteiger partial charge on any atom is 0.247 e. The molecule has 0 aliphatic heterocycles. The molecule has 0 saturated carbocycles. The van der Waals surface area contributed by atoms with Crippen molar-refractivity contribution in [1.82, 2.24) is 5.06 Å². The summed E-state index contributed by atoms with van der Waals surface area (Å²) in [5.41, 5.74) is 2.20. The van der Waals surface area contributed by atoms with Crippen molar-refractivity contribution in [2.75, 3.05) is 0 Å². The number of nitrogens with zero attached hydrogens (tertiary/aromatic N) is 1. The molecule has 90 valence electrons. The van der Waals surface area contributed by atoms with Crippen molar-refractivity contribution in [3.05, 3.63) is 60.3 Å². The average molecular weight is 231 g/mol. The van der Waals surface area contributed by atoms with E-state index in [1.54, 1.807) is 18.4 Å². The summed E-state index contributed by atoms with van der Waals surface area (Å²) in [6.45, 7) is 7.37. The van der Waals surface area contributed by atoms with Gasteiger partial charge in [0.15, 0.2) is 0 Å². The van der Waals surface area contributed by atoms with Gasteiger partial charge in [0.25, 0.3) is 0 Å². The number of hydroxylamine groups is 2. The zero-order chi connectivity index (χ0) is 12.7. The van der Waals surface area contributed by atoms with E-state index in [9.17, 15) is 4.79 Å². The fourth-order valence-electron chi connectivity index (χ4n) is 1.32. The number of benzene rings is 1. The Kier molecular flexibility index (Phi) is 5.17. The van der Waals surface area contributed by atoms with Crippen LogP contribution in [0.5, 0.6) is 0 Å². The number of carbonyl (C=O) groups is 1. The van der Waals surface area contributed by atoms with Crippen LogP contribution in [0.15, 0.2) is 49.2 Å². The molecule has 1 amide bonds. The molecule has 3 heteroatoms. The summed E-state index contributed by atoms with van der Waals surface area (Å²) >= 11 is 0. The van der Waals surface area contributed by atoms with E-state index < -0.39 is 0 Å². The molecule has 0 atom stereocenters. The van der Waals surface area contributed by atoms with Gasteiger partial charge in [0.2, 0.25) is 5.91 Å². The zero-order valence-corrected chi connectivity index (χ0v) is 10.2. The van der Waals surface area contributed by atoms with E-state index in [4.69, 9.17) is 4.84 Å². The Bertz CT molecular complexity index is 424. The van der Waals surface area contributed by atoms with Crippen LogP contribution in [-0.4, -0.2) is 11.0 Å². The summed E-state index contributed by atoms with van der Waals surface area (Å²) in [5.74, 6) is -0.171. The third kappa shape index (κ3) is 4.66. The molecule has 0 fully saturated rings. The first-order chi connectivity index (χ1) is 8.13. The van der Waals surface area contributed by atoms with Crippen LogP contribution >= 0.6 is 0 Å². The highest BCUT2D eigenvalue weighted by Gasteiger charge is 2.05. The number of hydrogen-bond donors (Lipinski definition) is 0. The fourth-order valence-corrected chi connectivity index (χ4v) is 1.32. The minimum absolute atomic E-state index is 0.171. The fraction of sp³-hybridized carbons (Fsp3) is 0.214. The van der Waals surface area contributed by atoms with Crippen molar-refractivity contribution in [3.63, 3.8) is 0 Å². The zero-order valence-electron chi connectivity index (χ0n) is 10.2. The molecular formula is C14H17NO2. The number of aryl methyl sites for hydroxylation is 1. The quantitative estimate of drug-likeness (QED) is 0.576. The minimum atomic E-state index is -0.171. The summed E-state index contributed by atoms with van der Waals surface area (Å²) in [5, 5.41) is 1.20. The minimum Gasteiger partial charge on any atom is -0.273 e. The highest BCUT2D eigenvalue weighted by molar-refractivity contribution is 5.73. The second kappa shape index (κ2) is 6.66. The summed E-state index contributed by atoms with van der Waals surface area (Å²) < 4.78 is 0. The lowest BCUT2D eigenvalue weighted by atomic mass is 10.1. The van der Waals surface area contributed by atoms with Gasteiger partial charge < -0.3 is 0 Å². The van der Waals surface area contributed by atoms with Gasteiger partial charge in [0.05, 0.1) is 0 Å². The monoisotopic (exact) mass is 231 g/mol. The number of rotatable bonds is 5. The van der Waals surface area contributed by atoms with E-state index in [1.807, 2.05) is 31.2 Å². The topological polar surface area (TPSA) is 29.5 Å². The first kappa shape index (κ1) is 13.2. The Balaban J connectivity index is 2.60. The lowest BCUT2D eigenvalue weighted by Crippen LogP contribution is -2.22. The summed E-state index contributed by atoms with van der Waals surface area (Å²) in [7, 11) is 0. The Morgan fingerprint density at radius 2 is 2.29 bits per heavy atom. The predicted octanol–water partition coefficient (Wildman–Crippen LogP) is 2.97. The van der Waals surface area contributed by atoms with Crippen LogP contribution in [0, 0.1) is 6.92 Å². The average Bonchev–Trinajstić information content (AvgIpc) is 2.28. The van der Waals surface area contributed by atoms with Gasteiger partial charge in [-0.15, -0.1) is 0 Å². The summed E-state index contributed by atoms with van der Waals surface area (Å²) in [4.78, 5) is 16.6. The first-order valence-electron chi connectivity index (χ1n) is 5.41. The highest BCUT2D eigenvalue weighted by atomic mass is 16.7. The first-order valence-corrected chi connectivity index (χ1v) is 5.41. The number of amides is 1. The highest BCUT2D eigenvalue weighted by Crippen LogP contribution is 2.07. The van der Waals surface area contributed by atoms with Crippen LogP contribution in [0.3, 0.4) is 0 Å². The van der Waals surface area contributed by atoms with Gasteiger partial charge in [-0.05, 0) is 18.6 Å². The second-order valence-corrected chi connectivity index (χ2v) is 3.68. The molecular weight excluding hydrogens is 214 g/mol. The van der Waals surface area contributed by atoms with Gasteiger partial charge in [0.1, 0.15) is 6.61 Å². The molecule has 0 bridgehead atoms. The van der Waals surface area contributed by atoms with Crippen molar-refractivity contribution < 1.29 is 9.63 Å². The van der Waals surface area contributed by atoms with Crippen LogP contribution in [0.4, 0.5) is 0 Å². The molecule has 0 unspecified atom stereocenters. The molecule has 0 heterocycles. The van der Waals surface area contributed by atoms with E-state index in [0.29, 0.717) is 6.61 Å². The normalized spacial score (nSPS) is 10.5. The van der Waals surface area contributed by atoms with E-state index in [0.717, 1.165) is 5.56 Å². The molecule has 1 aromatic rings. The summed E-state index contributed by atoms with van der Waals surface area (Å²) in [6.07, 6.45) is 4.79. The number of allylic oxidation sites excluding steroid dienone is 2. The van der Waals surface area contributed by atoms with Crippen molar-refractivity contribution in [2.24, 2.45) is 0 Å². The third-order valence-corrected chi connectivity index (χ3v) is 2.12. The molecule has 0 radical (unpaired) electrons. The van der Waals surface area contributed by atoms with Crippen molar-refractivity contribution in [3.8, 4) is 0 Å². The van der Waals surface area contributed by atoms with E-state index in [-0.39, 0.29) is 5.91 Å². The maximum absolute atomic E-state index is 11.3. The summed E-state index contributed by atoms with van der Waals surface area (Å²) in [6, 6.07) is 7.97. The van der Waals surface area contributed by atoms with Crippen molar-refractivity contribution in [1.29, 1.82) is 0 Å². The van der Waals surface area contributed by atoms with E-state index in [2.05, 4.69) is 6.58 Å². The van der Waals surface area contributed by atoms with Gasteiger partial charge >= 0.3 is 0 Å². The van der Waals surface area contributed by atoms with E-state index >= 15 is 0 Å². The molecule has 17 heavy (non-hydrogen) atoms. The molecule has 1 rings (SSSR count). The van der Waals surface area contributed by atoms with Crippen LogP contribution in [0.1, 0.15) is 18.1 Å². The van der Waals surface area contributed by atoms with Crippen molar-refractivity contribution >= 4 is 5.91 Å². The van der Waals surface area contributed by atoms with Crippen molar-refractivity contribution in [2.45, 2.75) is 20.5 Å². The molecule has 0 saturated heterocycles. The van der Waals surface area contributed by atoms with Crippen LogP contribution in [0.2, 0.25) is 0 Å². The second-order valence-electron chi connectivity index (χ2n) is 3.68. The molecule has 0 aliphatic rings. The largest absolute Gasteiger partial charge is 0.273 e. The van der Waals surface area contributed by atoms with Gasteiger partial charge in [-0.3, -0.25) is 9.63 Å². The molecule has 1 aromatic carbocycles.